The van der Waals surface area contributed by atoms with Crippen molar-refractivity contribution >= 4 is 5.91 Å². The quantitative estimate of drug-likeness (QED) is 0.903. The smallest absolute Gasteiger partial charge is 0.230 e. The third kappa shape index (κ3) is 3.72. The second-order valence-corrected chi connectivity index (χ2v) is 6.51. The van der Waals surface area contributed by atoms with E-state index in [1.165, 1.54) is 25.0 Å². The van der Waals surface area contributed by atoms with E-state index >= 15 is 0 Å². The number of benzene rings is 1. The molecule has 0 saturated carbocycles. The van der Waals surface area contributed by atoms with Crippen LogP contribution in [-0.4, -0.2) is 50.2 Å². The van der Waals surface area contributed by atoms with Crippen LogP contribution in [0.5, 0.6) is 0 Å². The first-order chi connectivity index (χ1) is 11.2. The number of halogens is 1. The zero-order valence-corrected chi connectivity index (χ0v) is 13.5. The summed E-state index contributed by atoms with van der Waals surface area (Å²) < 4.78 is 18.7. The van der Waals surface area contributed by atoms with Gasteiger partial charge in [0.1, 0.15) is 5.82 Å². The van der Waals surface area contributed by atoms with E-state index in [4.69, 9.17) is 4.74 Å². The van der Waals surface area contributed by atoms with Crippen LogP contribution in [0, 0.1) is 5.82 Å². The maximum absolute atomic E-state index is 13.2. The summed E-state index contributed by atoms with van der Waals surface area (Å²) in [5, 5.41) is 3.10. The molecule has 5 heteroatoms. The van der Waals surface area contributed by atoms with Crippen LogP contribution in [0.1, 0.15) is 31.2 Å². The molecule has 2 aliphatic rings. The van der Waals surface area contributed by atoms with Crippen molar-refractivity contribution in [2.75, 3.05) is 39.4 Å². The summed E-state index contributed by atoms with van der Waals surface area (Å²) in [5.41, 5.74) is 0.303. The molecule has 2 aliphatic heterocycles. The van der Waals surface area contributed by atoms with Crippen molar-refractivity contribution in [3.63, 3.8) is 0 Å². The molecule has 0 bridgehead atoms. The summed E-state index contributed by atoms with van der Waals surface area (Å²) in [6.07, 6.45) is 3.80. The lowest BCUT2D eigenvalue weighted by Crippen LogP contribution is -2.49. The summed E-state index contributed by atoms with van der Waals surface area (Å²) in [6, 6.07) is 6.34. The Bertz CT molecular complexity index is 520. The van der Waals surface area contributed by atoms with Crippen LogP contribution in [0.25, 0.3) is 0 Å². The fraction of sp³-hybridized carbons (Fsp3) is 0.611. The molecule has 2 fully saturated rings. The summed E-state index contributed by atoms with van der Waals surface area (Å²) in [5.74, 6) is -0.225. The molecule has 0 aliphatic carbocycles. The molecule has 1 N–H and O–H groups in total. The molecule has 126 valence electrons. The van der Waals surface area contributed by atoms with Crippen LogP contribution < -0.4 is 5.32 Å². The van der Waals surface area contributed by atoms with Gasteiger partial charge in [0.15, 0.2) is 0 Å². The third-order valence-electron chi connectivity index (χ3n) is 5.09. The lowest BCUT2D eigenvalue weighted by atomic mass is 9.73. The second-order valence-electron chi connectivity index (χ2n) is 6.51. The van der Waals surface area contributed by atoms with Gasteiger partial charge in [-0.15, -0.1) is 0 Å². The van der Waals surface area contributed by atoms with Crippen molar-refractivity contribution in [3.8, 4) is 0 Å². The number of amides is 1. The number of ether oxygens (including phenoxy) is 1. The first kappa shape index (κ1) is 16.4. The van der Waals surface area contributed by atoms with Crippen LogP contribution in [0.4, 0.5) is 4.39 Å². The Morgan fingerprint density at radius 3 is 2.48 bits per heavy atom. The van der Waals surface area contributed by atoms with Crippen molar-refractivity contribution < 1.29 is 13.9 Å². The molecule has 23 heavy (non-hydrogen) atoms. The molecule has 1 amide bonds. The lowest BCUT2D eigenvalue weighted by Gasteiger charge is -2.36. The molecule has 4 nitrogen and oxygen atoms in total. The number of hydrogen-bond donors (Lipinski definition) is 1. The summed E-state index contributed by atoms with van der Waals surface area (Å²) >= 11 is 0. The Morgan fingerprint density at radius 1 is 1.17 bits per heavy atom. The Kier molecular flexibility index (Phi) is 5.28. The largest absolute Gasteiger partial charge is 0.381 e. The Hall–Kier alpha value is -1.46. The minimum absolute atomic E-state index is 0.0478. The third-order valence-corrected chi connectivity index (χ3v) is 5.09. The van der Waals surface area contributed by atoms with Gasteiger partial charge in [-0.05, 0) is 56.5 Å². The summed E-state index contributed by atoms with van der Waals surface area (Å²) in [4.78, 5) is 15.3. The van der Waals surface area contributed by atoms with Gasteiger partial charge in [-0.1, -0.05) is 12.1 Å². The standard InChI is InChI=1S/C18H25FN2O2/c19-16-5-3-15(4-6-16)18(7-13-23-14-8-18)17(22)20-9-12-21-10-1-2-11-21/h3-6H,1-2,7-14H2,(H,20,22). The number of hydrogen-bond acceptors (Lipinski definition) is 3. The van der Waals surface area contributed by atoms with Crippen LogP contribution >= 0.6 is 0 Å². The van der Waals surface area contributed by atoms with Crippen LogP contribution in [0.3, 0.4) is 0 Å². The highest BCUT2D eigenvalue weighted by atomic mass is 19.1. The highest BCUT2D eigenvalue weighted by Gasteiger charge is 2.41. The lowest BCUT2D eigenvalue weighted by molar-refractivity contribution is -0.130. The number of nitrogens with zero attached hydrogens (tertiary/aromatic N) is 1. The molecule has 1 aromatic rings. The average Bonchev–Trinajstić information content (AvgIpc) is 3.09. The summed E-state index contributed by atoms with van der Waals surface area (Å²) in [7, 11) is 0. The van der Waals surface area contributed by atoms with Gasteiger partial charge >= 0.3 is 0 Å². The number of carbonyl (C=O) groups is 1. The number of rotatable bonds is 5. The van der Waals surface area contributed by atoms with Gasteiger partial charge in [-0.2, -0.15) is 0 Å². The van der Waals surface area contributed by atoms with Gasteiger partial charge in [-0.25, -0.2) is 4.39 Å². The van der Waals surface area contributed by atoms with Gasteiger partial charge in [-0.3, -0.25) is 4.79 Å². The van der Waals surface area contributed by atoms with Crippen LogP contribution in [0.2, 0.25) is 0 Å². The van der Waals surface area contributed by atoms with E-state index in [0.717, 1.165) is 25.2 Å². The van der Waals surface area contributed by atoms with Gasteiger partial charge < -0.3 is 15.0 Å². The normalized spacial score (nSPS) is 21.3. The van der Waals surface area contributed by atoms with Gasteiger partial charge in [0.2, 0.25) is 5.91 Å². The number of carbonyl (C=O) groups excluding carboxylic acids is 1. The molecule has 0 spiro atoms. The molecule has 1 aromatic carbocycles. The predicted octanol–water partition coefficient (Wildman–Crippen LogP) is 2.09. The van der Waals surface area contributed by atoms with E-state index in [1.807, 2.05) is 0 Å². The van der Waals surface area contributed by atoms with E-state index in [1.54, 1.807) is 12.1 Å². The van der Waals surface area contributed by atoms with Crippen molar-refractivity contribution in [1.82, 2.24) is 10.2 Å². The molecule has 2 saturated heterocycles. The number of nitrogens with one attached hydrogen (secondary N) is 1. The average molecular weight is 320 g/mol. The molecular formula is C18H25FN2O2. The second kappa shape index (κ2) is 7.41. The Labute approximate surface area is 137 Å². The fourth-order valence-corrected chi connectivity index (χ4v) is 3.64. The molecule has 2 heterocycles. The first-order valence-electron chi connectivity index (χ1n) is 8.55. The molecule has 3 rings (SSSR count). The van der Waals surface area contributed by atoms with Crippen molar-refractivity contribution in [2.24, 2.45) is 0 Å². The van der Waals surface area contributed by atoms with E-state index in [0.29, 0.717) is 32.6 Å². The maximum Gasteiger partial charge on any atom is 0.230 e. The van der Waals surface area contributed by atoms with Crippen LogP contribution in [0.15, 0.2) is 24.3 Å². The van der Waals surface area contributed by atoms with Crippen molar-refractivity contribution in [2.45, 2.75) is 31.1 Å². The van der Waals surface area contributed by atoms with Crippen molar-refractivity contribution in [3.05, 3.63) is 35.6 Å². The first-order valence-corrected chi connectivity index (χ1v) is 8.55. The molecule has 0 unspecified atom stereocenters. The summed E-state index contributed by atoms with van der Waals surface area (Å²) in [6.45, 7) is 4.97. The predicted molar refractivity (Wildman–Crippen MR) is 86.8 cm³/mol. The van der Waals surface area contributed by atoms with E-state index in [2.05, 4.69) is 10.2 Å². The molecule has 0 atom stereocenters. The Balaban J connectivity index is 1.67. The minimum atomic E-state index is -0.586. The SMILES string of the molecule is O=C(NCCN1CCCC1)C1(c2ccc(F)cc2)CCOCC1. The van der Waals surface area contributed by atoms with E-state index in [-0.39, 0.29) is 11.7 Å². The molecule has 0 aromatic heterocycles. The monoisotopic (exact) mass is 320 g/mol. The highest BCUT2D eigenvalue weighted by molar-refractivity contribution is 5.88. The zero-order valence-electron chi connectivity index (χ0n) is 13.5. The maximum atomic E-state index is 13.2. The number of likely N-dealkylation sites (tertiary alicyclic amines) is 1. The Morgan fingerprint density at radius 2 is 1.83 bits per heavy atom. The van der Waals surface area contributed by atoms with Gasteiger partial charge in [0.25, 0.3) is 0 Å². The fourth-order valence-electron chi connectivity index (χ4n) is 3.64. The van der Waals surface area contributed by atoms with Crippen LogP contribution in [-0.2, 0) is 14.9 Å². The zero-order chi connectivity index (χ0) is 16.1. The van der Waals surface area contributed by atoms with E-state index < -0.39 is 5.41 Å². The van der Waals surface area contributed by atoms with Gasteiger partial charge in [0, 0.05) is 26.3 Å². The van der Waals surface area contributed by atoms with E-state index in [9.17, 15) is 9.18 Å². The molecule has 0 radical (unpaired) electrons. The topological polar surface area (TPSA) is 41.6 Å². The highest BCUT2D eigenvalue weighted by Crippen LogP contribution is 2.35. The van der Waals surface area contributed by atoms with Gasteiger partial charge in [0.05, 0.1) is 5.41 Å². The molecular weight excluding hydrogens is 295 g/mol. The van der Waals surface area contributed by atoms with Crippen molar-refractivity contribution in [1.29, 1.82) is 0 Å². The minimum Gasteiger partial charge on any atom is -0.381 e.